The number of hydrogen-bond donors (Lipinski definition) is 2. The largest absolute Gasteiger partial charge is 0.380 e. The average Bonchev–Trinajstić information content (AvgIpc) is 2.31. The lowest BCUT2D eigenvalue weighted by atomic mass is 9.99. The summed E-state index contributed by atoms with van der Waals surface area (Å²) in [4.78, 5) is 0. The summed E-state index contributed by atoms with van der Waals surface area (Å²) in [5.74, 6) is 0. The van der Waals surface area contributed by atoms with Crippen molar-refractivity contribution in [3.05, 3.63) is 34.9 Å². The molecule has 2 unspecified atom stereocenters. The van der Waals surface area contributed by atoms with Crippen molar-refractivity contribution in [2.45, 2.75) is 32.9 Å². The smallest absolute Gasteiger partial charge is 0.0667 e. The summed E-state index contributed by atoms with van der Waals surface area (Å²) < 4.78 is 5.23. The van der Waals surface area contributed by atoms with Gasteiger partial charge in [-0.15, -0.1) is 0 Å². The third kappa shape index (κ3) is 4.11. The topological polar surface area (TPSA) is 47.3 Å². The molecule has 3 N–H and O–H groups in total. The van der Waals surface area contributed by atoms with Gasteiger partial charge in [-0.25, -0.2) is 0 Å². The quantitative estimate of drug-likeness (QED) is 0.793. The van der Waals surface area contributed by atoms with Gasteiger partial charge in [0.15, 0.2) is 0 Å². The van der Waals surface area contributed by atoms with E-state index in [4.69, 9.17) is 10.5 Å². The third-order valence-electron chi connectivity index (χ3n) is 3.09. The molecule has 1 aromatic carbocycles. The van der Waals surface area contributed by atoms with Crippen LogP contribution >= 0.6 is 0 Å². The highest BCUT2D eigenvalue weighted by Crippen LogP contribution is 2.18. The van der Waals surface area contributed by atoms with Crippen molar-refractivity contribution >= 4 is 0 Å². The number of nitrogens with two attached hydrogens (primary N) is 1. The molecule has 0 spiro atoms. The predicted octanol–water partition coefficient (Wildman–Crippen LogP) is 1.93. The standard InChI is InChI=1S/C14H24N2O/c1-10-5-6-13(11(2)7-10)14(8-15)16-9-12(3)17-4/h5-7,12,14,16H,8-9,15H2,1-4H3. The number of rotatable bonds is 6. The van der Waals surface area contributed by atoms with Gasteiger partial charge in [0.1, 0.15) is 0 Å². The fraction of sp³-hybridized carbons (Fsp3) is 0.571. The zero-order valence-electron chi connectivity index (χ0n) is 11.3. The van der Waals surface area contributed by atoms with Crippen LogP contribution in [0.3, 0.4) is 0 Å². The van der Waals surface area contributed by atoms with E-state index in [2.05, 4.69) is 37.4 Å². The van der Waals surface area contributed by atoms with E-state index in [1.54, 1.807) is 7.11 Å². The van der Waals surface area contributed by atoms with E-state index in [1.807, 2.05) is 6.92 Å². The molecular weight excluding hydrogens is 212 g/mol. The molecule has 17 heavy (non-hydrogen) atoms. The molecule has 0 heterocycles. The van der Waals surface area contributed by atoms with Gasteiger partial charge in [0.05, 0.1) is 6.10 Å². The lowest BCUT2D eigenvalue weighted by molar-refractivity contribution is 0.114. The van der Waals surface area contributed by atoms with E-state index in [-0.39, 0.29) is 12.1 Å². The molecule has 0 aliphatic heterocycles. The van der Waals surface area contributed by atoms with Gasteiger partial charge in [-0.2, -0.15) is 0 Å². The monoisotopic (exact) mass is 236 g/mol. The van der Waals surface area contributed by atoms with Crippen LogP contribution in [-0.2, 0) is 4.74 Å². The lowest BCUT2D eigenvalue weighted by Crippen LogP contribution is -2.34. The summed E-state index contributed by atoms with van der Waals surface area (Å²) in [5, 5.41) is 3.45. The summed E-state index contributed by atoms with van der Waals surface area (Å²) in [5.41, 5.74) is 9.69. The van der Waals surface area contributed by atoms with Crippen LogP contribution < -0.4 is 11.1 Å². The van der Waals surface area contributed by atoms with Crippen LogP contribution in [0.5, 0.6) is 0 Å². The lowest BCUT2D eigenvalue weighted by Gasteiger charge is -2.21. The number of aryl methyl sites for hydroxylation is 2. The molecule has 0 radical (unpaired) electrons. The van der Waals surface area contributed by atoms with Crippen LogP contribution in [0.25, 0.3) is 0 Å². The molecule has 0 saturated heterocycles. The molecule has 2 atom stereocenters. The number of nitrogens with one attached hydrogen (secondary N) is 1. The summed E-state index contributed by atoms with van der Waals surface area (Å²) in [6, 6.07) is 6.69. The Hall–Kier alpha value is -0.900. The number of benzene rings is 1. The summed E-state index contributed by atoms with van der Waals surface area (Å²) in [6.45, 7) is 7.69. The summed E-state index contributed by atoms with van der Waals surface area (Å²) in [6.07, 6.45) is 0.204. The molecule has 0 fully saturated rings. The first-order valence-electron chi connectivity index (χ1n) is 6.11. The van der Waals surface area contributed by atoms with Crippen LogP contribution in [0.1, 0.15) is 29.7 Å². The second-order valence-corrected chi connectivity index (χ2v) is 4.60. The molecule has 1 aromatic rings. The molecule has 3 heteroatoms. The Morgan fingerprint density at radius 3 is 2.59 bits per heavy atom. The fourth-order valence-corrected chi connectivity index (χ4v) is 1.93. The number of methoxy groups -OCH3 is 1. The highest BCUT2D eigenvalue weighted by Gasteiger charge is 2.12. The molecule has 0 aromatic heterocycles. The Morgan fingerprint density at radius 1 is 1.35 bits per heavy atom. The molecule has 1 rings (SSSR count). The van der Waals surface area contributed by atoms with Gasteiger partial charge in [-0.05, 0) is 31.9 Å². The molecular formula is C14H24N2O. The first-order chi connectivity index (χ1) is 8.08. The first-order valence-corrected chi connectivity index (χ1v) is 6.11. The van der Waals surface area contributed by atoms with Gasteiger partial charge in [0.2, 0.25) is 0 Å². The second kappa shape index (κ2) is 6.74. The minimum atomic E-state index is 0.202. The molecule has 0 saturated carbocycles. The van der Waals surface area contributed by atoms with E-state index in [0.29, 0.717) is 6.54 Å². The Kier molecular flexibility index (Phi) is 5.62. The van der Waals surface area contributed by atoms with E-state index < -0.39 is 0 Å². The van der Waals surface area contributed by atoms with E-state index in [9.17, 15) is 0 Å². The Balaban J connectivity index is 2.72. The maximum absolute atomic E-state index is 5.84. The predicted molar refractivity (Wildman–Crippen MR) is 72.2 cm³/mol. The summed E-state index contributed by atoms with van der Waals surface area (Å²) >= 11 is 0. The summed E-state index contributed by atoms with van der Waals surface area (Å²) in [7, 11) is 1.72. The molecule has 0 aliphatic rings. The van der Waals surface area contributed by atoms with E-state index >= 15 is 0 Å². The van der Waals surface area contributed by atoms with Crippen LogP contribution in [0.2, 0.25) is 0 Å². The first kappa shape index (κ1) is 14.2. The highest BCUT2D eigenvalue weighted by atomic mass is 16.5. The SMILES string of the molecule is COC(C)CNC(CN)c1ccc(C)cc1C. The van der Waals surface area contributed by atoms with Crippen molar-refractivity contribution in [3.8, 4) is 0 Å². The Morgan fingerprint density at radius 2 is 2.06 bits per heavy atom. The van der Waals surface area contributed by atoms with Crippen molar-refractivity contribution in [1.29, 1.82) is 0 Å². The maximum Gasteiger partial charge on any atom is 0.0667 e. The van der Waals surface area contributed by atoms with Crippen molar-refractivity contribution in [3.63, 3.8) is 0 Å². The van der Waals surface area contributed by atoms with Crippen LogP contribution in [-0.4, -0.2) is 26.3 Å². The van der Waals surface area contributed by atoms with Gasteiger partial charge in [0, 0.05) is 26.2 Å². The van der Waals surface area contributed by atoms with Crippen LogP contribution in [0.4, 0.5) is 0 Å². The van der Waals surface area contributed by atoms with Gasteiger partial charge in [0.25, 0.3) is 0 Å². The average molecular weight is 236 g/mol. The minimum Gasteiger partial charge on any atom is -0.380 e. The zero-order chi connectivity index (χ0) is 12.8. The van der Waals surface area contributed by atoms with Crippen LogP contribution in [0, 0.1) is 13.8 Å². The van der Waals surface area contributed by atoms with Crippen molar-refractivity contribution < 1.29 is 4.74 Å². The Bertz CT molecular complexity index is 352. The molecule has 96 valence electrons. The Labute approximate surface area is 104 Å². The number of hydrogen-bond acceptors (Lipinski definition) is 3. The fourth-order valence-electron chi connectivity index (χ4n) is 1.93. The van der Waals surface area contributed by atoms with Gasteiger partial charge in [-0.1, -0.05) is 23.8 Å². The highest BCUT2D eigenvalue weighted by molar-refractivity contribution is 5.33. The number of ether oxygens (including phenoxy) is 1. The van der Waals surface area contributed by atoms with Gasteiger partial charge >= 0.3 is 0 Å². The van der Waals surface area contributed by atoms with E-state index in [0.717, 1.165) is 6.54 Å². The second-order valence-electron chi connectivity index (χ2n) is 4.60. The van der Waals surface area contributed by atoms with Gasteiger partial charge in [-0.3, -0.25) is 0 Å². The molecule has 0 amide bonds. The van der Waals surface area contributed by atoms with E-state index in [1.165, 1.54) is 16.7 Å². The molecule has 3 nitrogen and oxygen atoms in total. The van der Waals surface area contributed by atoms with Crippen molar-refractivity contribution in [1.82, 2.24) is 5.32 Å². The molecule has 0 aliphatic carbocycles. The third-order valence-corrected chi connectivity index (χ3v) is 3.09. The normalized spacial score (nSPS) is 14.6. The van der Waals surface area contributed by atoms with Crippen molar-refractivity contribution in [2.75, 3.05) is 20.2 Å². The van der Waals surface area contributed by atoms with Crippen molar-refractivity contribution in [2.24, 2.45) is 5.73 Å². The van der Waals surface area contributed by atoms with Gasteiger partial charge < -0.3 is 15.8 Å². The molecule has 0 bridgehead atoms. The van der Waals surface area contributed by atoms with Crippen LogP contribution in [0.15, 0.2) is 18.2 Å². The minimum absolute atomic E-state index is 0.202. The zero-order valence-corrected chi connectivity index (χ0v) is 11.3. The maximum atomic E-state index is 5.84.